The second-order valence-corrected chi connectivity index (χ2v) is 6.64. The lowest BCUT2D eigenvalue weighted by Gasteiger charge is -2.21. The Morgan fingerprint density at radius 2 is 1.71 bits per heavy atom. The van der Waals surface area contributed by atoms with Gasteiger partial charge in [-0.1, -0.05) is 18.2 Å². The van der Waals surface area contributed by atoms with Crippen LogP contribution in [0.5, 0.6) is 0 Å². The molecule has 0 bridgehead atoms. The number of rotatable bonds is 7. The van der Waals surface area contributed by atoms with Crippen molar-refractivity contribution in [3.8, 4) is 0 Å². The lowest BCUT2D eigenvalue weighted by atomic mass is 10.3. The van der Waals surface area contributed by atoms with Crippen molar-refractivity contribution in [1.82, 2.24) is 10.2 Å². The minimum Gasteiger partial charge on any atom is -0.337 e. The summed E-state index contributed by atoms with van der Waals surface area (Å²) in [6.07, 6.45) is 0. The molecule has 0 fully saturated rings. The molecule has 7 heteroatoms. The monoisotopic (exact) mass is 313 g/mol. The summed E-state index contributed by atoms with van der Waals surface area (Å²) in [5, 5.41) is 2.63. The molecule has 0 saturated heterocycles. The molecule has 0 aliphatic carbocycles. The Labute approximate surface area is 126 Å². The van der Waals surface area contributed by atoms with E-state index in [1.807, 2.05) is 19.9 Å². The lowest BCUT2D eigenvalue weighted by molar-refractivity contribution is 0.204. The van der Waals surface area contributed by atoms with Crippen molar-refractivity contribution in [3.05, 3.63) is 30.3 Å². The molecule has 1 aromatic carbocycles. The quantitative estimate of drug-likeness (QED) is 0.829. The molecular formula is C14H23N3O3S. The second-order valence-electron chi connectivity index (χ2n) is 4.52. The first-order valence-electron chi connectivity index (χ1n) is 6.96. The van der Waals surface area contributed by atoms with Crippen LogP contribution in [-0.2, 0) is 10.0 Å². The van der Waals surface area contributed by atoms with Gasteiger partial charge in [0.1, 0.15) is 0 Å². The highest BCUT2D eigenvalue weighted by atomic mass is 32.2. The third kappa shape index (κ3) is 4.93. The van der Waals surface area contributed by atoms with Gasteiger partial charge in [-0.3, -0.25) is 4.31 Å². The average molecular weight is 313 g/mol. The Morgan fingerprint density at radius 3 is 2.24 bits per heavy atom. The average Bonchev–Trinajstić information content (AvgIpc) is 2.48. The Kier molecular flexibility index (Phi) is 6.48. The van der Waals surface area contributed by atoms with Gasteiger partial charge in [0.15, 0.2) is 0 Å². The maximum absolute atomic E-state index is 12.2. The topological polar surface area (TPSA) is 69.7 Å². The number of para-hydroxylation sites is 1. The van der Waals surface area contributed by atoms with Crippen molar-refractivity contribution in [2.75, 3.05) is 36.7 Å². The standard InChI is InChI=1S/C14H23N3O3S/c1-4-17(5-2)14(18)15-11-12-21(19,20)16(3)13-9-7-6-8-10-13/h6-10H,4-5,11-12H2,1-3H3,(H,15,18). The fourth-order valence-corrected chi connectivity index (χ4v) is 2.92. The molecule has 0 radical (unpaired) electrons. The van der Waals surface area contributed by atoms with Crippen LogP contribution in [0.25, 0.3) is 0 Å². The number of anilines is 1. The van der Waals surface area contributed by atoms with E-state index in [1.54, 1.807) is 29.2 Å². The van der Waals surface area contributed by atoms with E-state index in [4.69, 9.17) is 0 Å². The summed E-state index contributed by atoms with van der Waals surface area (Å²) < 4.78 is 25.6. The molecule has 0 heterocycles. The van der Waals surface area contributed by atoms with Gasteiger partial charge in [0, 0.05) is 26.7 Å². The van der Waals surface area contributed by atoms with Crippen molar-refractivity contribution >= 4 is 21.7 Å². The van der Waals surface area contributed by atoms with E-state index in [2.05, 4.69) is 5.32 Å². The highest BCUT2D eigenvalue weighted by Gasteiger charge is 2.18. The maximum atomic E-state index is 12.2. The summed E-state index contributed by atoms with van der Waals surface area (Å²) in [4.78, 5) is 13.3. The van der Waals surface area contributed by atoms with Crippen LogP contribution in [0.4, 0.5) is 10.5 Å². The molecule has 21 heavy (non-hydrogen) atoms. The predicted molar refractivity (Wildman–Crippen MR) is 85.0 cm³/mol. The molecule has 2 amide bonds. The zero-order valence-corrected chi connectivity index (χ0v) is 13.6. The molecule has 6 nitrogen and oxygen atoms in total. The largest absolute Gasteiger partial charge is 0.337 e. The Hall–Kier alpha value is -1.76. The van der Waals surface area contributed by atoms with Crippen LogP contribution < -0.4 is 9.62 Å². The van der Waals surface area contributed by atoms with E-state index in [9.17, 15) is 13.2 Å². The first-order valence-corrected chi connectivity index (χ1v) is 8.57. The zero-order valence-electron chi connectivity index (χ0n) is 12.7. The molecule has 0 aromatic heterocycles. The number of benzene rings is 1. The fourth-order valence-electron chi connectivity index (χ4n) is 1.85. The Bertz CT molecular complexity index is 542. The van der Waals surface area contributed by atoms with Gasteiger partial charge in [-0.05, 0) is 26.0 Å². The smallest absolute Gasteiger partial charge is 0.317 e. The predicted octanol–water partition coefficient (Wildman–Crippen LogP) is 1.50. The number of nitrogens with zero attached hydrogens (tertiary/aromatic N) is 2. The summed E-state index contributed by atoms with van der Waals surface area (Å²) in [7, 11) is -1.94. The molecule has 0 aliphatic rings. The van der Waals surface area contributed by atoms with Gasteiger partial charge in [-0.2, -0.15) is 0 Å². The van der Waals surface area contributed by atoms with Crippen molar-refractivity contribution in [3.63, 3.8) is 0 Å². The molecular weight excluding hydrogens is 290 g/mol. The van der Waals surface area contributed by atoms with Crippen LogP contribution in [0, 0.1) is 0 Å². The van der Waals surface area contributed by atoms with E-state index in [-0.39, 0.29) is 18.3 Å². The molecule has 118 valence electrons. The molecule has 1 rings (SSSR count). The number of carbonyl (C=O) groups is 1. The summed E-state index contributed by atoms with van der Waals surface area (Å²) in [6, 6.07) is 8.61. The first kappa shape index (κ1) is 17.3. The fraction of sp³-hybridized carbons (Fsp3) is 0.500. The van der Waals surface area contributed by atoms with Gasteiger partial charge in [-0.25, -0.2) is 13.2 Å². The van der Waals surface area contributed by atoms with Gasteiger partial charge >= 0.3 is 6.03 Å². The minimum absolute atomic E-state index is 0.0921. The minimum atomic E-state index is -3.45. The third-order valence-corrected chi connectivity index (χ3v) is 4.99. The van der Waals surface area contributed by atoms with Crippen molar-refractivity contribution in [2.24, 2.45) is 0 Å². The molecule has 1 aromatic rings. The van der Waals surface area contributed by atoms with Crippen LogP contribution in [0.1, 0.15) is 13.8 Å². The van der Waals surface area contributed by atoms with Gasteiger partial charge in [0.2, 0.25) is 10.0 Å². The molecule has 0 aliphatic heterocycles. The van der Waals surface area contributed by atoms with Gasteiger partial charge < -0.3 is 10.2 Å². The maximum Gasteiger partial charge on any atom is 0.317 e. The molecule has 0 spiro atoms. The van der Waals surface area contributed by atoms with E-state index in [0.717, 1.165) is 0 Å². The zero-order chi connectivity index (χ0) is 15.9. The Balaban J connectivity index is 2.56. The SMILES string of the molecule is CCN(CC)C(=O)NCCS(=O)(=O)N(C)c1ccccc1. The molecule has 0 atom stereocenters. The third-order valence-electron chi connectivity index (χ3n) is 3.22. The van der Waals surface area contributed by atoms with Crippen LogP contribution in [0.2, 0.25) is 0 Å². The normalized spacial score (nSPS) is 11.0. The number of hydrogen-bond acceptors (Lipinski definition) is 3. The lowest BCUT2D eigenvalue weighted by Crippen LogP contribution is -2.42. The van der Waals surface area contributed by atoms with Crippen molar-refractivity contribution in [2.45, 2.75) is 13.8 Å². The van der Waals surface area contributed by atoms with Crippen molar-refractivity contribution in [1.29, 1.82) is 0 Å². The highest BCUT2D eigenvalue weighted by molar-refractivity contribution is 7.92. The number of carbonyl (C=O) groups excluding carboxylic acids is 1. The molecule has 1 N–H and O–H groups in total. The summed E-state index contributed by atoms with van der Waals surface area (Å²) in [5.41, 5.74) is 0.604. The van der Waals surface area contributed by atoms with Crippen LogP contribution in [0.15, 0.2) is 30.3 Å². The molecule has 0 saturated carbocycles. The van der Waals surface area contributed by atoms with Crippen LogP contribution in [0.3, 0.4) is 0 Å². The van der Waals surface area contributed by atoms with E-state index in [0.29, 0.717) is 18.8 Å². The number of sulfonamides is 1. The van der Waals surface area contributed by atoms with Gasteiger partial charge in [0.25, 0.3) is 0 Å². The van der Waals surface area contributed by atoms with E-state index in [1.165, 1.54) is 11.4 Å². The van der Waals surface area contributed by atoms with E-state index >= 15 is 0 Å². The number of urea groups is 1. The summed E-state index contributed by atoms with van der Waals surface area (Å²) in [5.74, 6) is -0.134. The van der Waals surface area contributed by atoms with Gasteiger partial charge in [0.05, 0.1) is 11.4 Å². The number of nitrogens with one attached hydrogen (secondary N) is 1. The van der Waals surface area contributed by atoms with Crippen LogP contribution in [-0.4, -0.2) is 51.8 Å². The number of hydrogen-bond donors (Lipinski definition) is 1. The number of amides is 2. The van der Waals surface area contributed by atoms with Crippen LogP contribution >= 0.6 is 0 Å². The summed E-state index contributed by atoms with van der Waals surface area (Å²) in [6.45, 7) is 5.04. The van der Waals surface area contributed by atoms with Crippen molar-refractivity contribution < 1.29 is 13.2 Å². The summed E-state index contributed by atoms with van der Waals surface area (Å²) >= 11 is 0. The highest BCUT2D eigenvalue weighted by Crippen LogP contribution is 2.14. The van der Waals surface area contributed by atoms with E-state index < -0.39 is 10.0 Å². The molecule has 0 unspecified atom stereocenters. The Morgan fingerprint density at radius 1 is 1.14 bits per heavy atom. The first-order chi connectivity index (χ1) is 9.92. The second kappa shape index (κ2) is 7.87. The van der Waals surface area contributed by atoms with Gasteiger partial charge in [-0.15, -0.1) is 0 Å².